The summed E-state index contributed by atoms with van der Waals surface area (Å²) < 4.78 is 10.6. The number of rotatable bonds is 7. The van der Waals surface area contributed by atoms with Crippen molar-refractivity contribution in [1.82, 2.24) is 10.2 Å². The highest BCUT2D eigenvalue weighted by Gasteiger charge is 2.09. The van der Waals surface area contributed by atoms with Crippen molar-refractivity contribution in [3.8, 4) is 11.5 Å². The molecule has 1 aromatic rings. The molecular weight excluding hydrogens is 252 g/mol. The molecule has 1 aromatic carbocycles. The topological polar surface area (TPSA) is 33.7 Å². The molecule has 4 nitrogen and oxygen atoms in total. The number of benzene rings is 1. The van der Waals surface area contributed by atoms with Gasteiger partial charge in [0.25, 0.3) is 0 Å². The third kappa shape index (κ3) is 4.69. The number of nitrogens with one attached hydrogen (secondary N) is 1. The largest absolute Gasteiger partial charge is 0.497 e. The van der Waals surface area contributed by atoms with Crippen molar-refractivity contribution in [2.24, 2.45) is 0 Å². The van der Waals surface area contributed by atoms with Crippen molar-refractivity contribution >= 4 is 0 Å². The molecule has 1 saturated heterocycles. The lowest BCUT2D eigenvalue weighted by molar-refractivity contribution is 0.229. The van der Waals surface area contributed by atoms with Crippen molar-refractivity contribution < 1.29 is 9.47 Å². The molecule has 0 radical (unpaired) electrons. The molecule has 4 heteroatoms. The van der Waals surface area contributed by atoms with Crippen LogP contribution in [0.15, 0.2) is 18.2 Å². The molecule has 1 N–H and O–H groups in total. The maximum atomic E-state index is 5.28. The minimum atomic E-state index is 0.845. The van der Waals surface area contributed by atoms with Crippen molar-refractivity contribution in [3.05, 3.63) is 23.8 Å². The molecule has 0 unspecified atom stereocenters. The highest BCUT2D eigenvalue weighted by molar-refractivity contribution is 5.38. The van der Waals surface area contributed by atoms with Gasteiger partial charge in [-0.3, -0.25) is 0 Å². The zero-order valence-electron chi connectivity index (χ0n) is 12.7. The summed E-state index contributed by atoms with van der Waals surface area (Å²) in [5.74, 6) is 1.69. The van der Waals surface area contributed by atoms with Crippen LogP contribution in [0.25, 0.3) is 0 Å². The number of ether oxygens (including phenoxy) is 2. The van der Waals surface area contributed by atoms with Gasteiger partial charge in [-0.25, -0.2) is 0 Å². The van der Waals surface area contributed by atoms with Crippen LogP contribution < -0.4 is 14.8 Å². The monoisotopic (exact) mass is 278 g/mol. The van der Waals surface area contributed by atoms with Gasteiger partial charge in [-0.2, -0.15) is 0 Å². The first-order valence-corrected chi connectivity index (χ1v) is 7.47. The summed E-state index contributed by atoms with van der Waals surface area (Å²) in [5.41, 5.74) is 1.19. The lowest BCUT2D eigenvalue weighted by Gasteiger charge is -2.26. The molecule has 0 saturated carbocycles. The third-order valence-corrected chi connectivity index (χ3v) is 3.79. The molecule has 0 aliphatic carbocycles. The Kier molecular flexibility index (Phi) is 6.15. The third-order valence-electron chi connectivity index (χ3n) is 3.79. The number of nitrogens with zero attached hydrogens (tertiary/aromatic N) is 1. The van der Waals surface area contributed by atoms with Crippen LogP contribution in [-0.2, 0) is 6.54 Å². The molecule has 0 atom stereocenters. The van der Waals surface area contributed by atoms with Crippen LogP contribution in [-0.4, -0.2) is 45.3 Å². The zero-order chi connectivity index (χ0) is 14.2. The van der Waals surface area contributed by atoms with E-state index in [-0.39, 0.29) is 0 Å². The van der Waals surface area contributed by atoms with Gasteiger partial charge in [0.1, 0.15) is 11.5 Å². The van der Waals surface area contributed by atoms with E-state index in [4.69, 9.17) is 9.47 Å². The molecule has 1 aliphatic heterocycles. The Morgan fingerprint density at radius 3 is 2.25 bits per heavy atom. The fourth-order valence-electron chi connectivity index (χ4n) is 2.62. The van der Waals surface area contributed by atoms with E-state index < -0.39 is 0 Å². The van der Waals surface area contributed by atoms with Crippen LogP contribution in [0.5, 0.6) is 11.5 Å². The maximum Gasteiger partial charge on any atom is 0.122 e. The molecule has 1 heterocycles. The summed E-state index contributed by atoms with van der Waals surface area (Å²) in [6.45, 7) is 5.53. The first-order chi connectivity index (χ1) is 9.81. The van der Waals surface area contributed by atoms with Gasteiger partial charge in [-0.05, 0) is 43.6 Å². The summed E-state index contributed by atoms with van der Waals surface area (Å²) >= 11 is 0. The normalized spacial score (nSPS) is 16.1. The SMILES string of the molecule is COc1cc(CNCCN2CCCCC2)cc(OC)c1. The van der Waals surface area contributed by atoms with Crippen LogP contribution >= 0.6 is 0 Å². The van der Waals surface area contributed by atoms with E-state index in [0.717, 1.165) is 31.1 Å². The number of hydrogen-bond acceptors (Lipinski definition) is 4. The minimum absolute atomic E-state index is 0.845. The van der Waals surface area contributed by atoms with Crippen molar-refractivity contribution in [3.63, 3.8) is 0 Å². The van der Waals surface area contributed by atoms with Gasteiger partial charge in [-0.1, -0.05) is 6.42 Å². The number of methoxy groups -OCH3 is 2. The Morgan fingerprint density at radius 1 is 1.00 bits per heavy atom. The van der Waals surface area contributed by atoms with Crippen LogP contribution in [0.4, 0.5) is 0 Å². The molecule has 2 rings (SSSR count). The second-order valence-corrected chi connectivity index (χ2v) is 5.30. The second-order valence-electron chi connectivity index (χ2n) is 5.30. The number of likely N-dealkylation sites (tertiary alicyclic amines) is 1. The highest BCUT2D eigenvalue weighted by atomic mass is 16.5. The van der Waals surface area contributed by atoms with Gasteiger partial charge < -0.3 is 19.7 Å². The van der Waals surface area contributed by atoms with Gasteiger partial charge >= 0.3 is 0 Å². The van der Waals surface area contributed by atoms with E-state index >= 15 is 0 Å². The Bertz CT molecular complexity index is 381. The fourth-order valence-corrected chi connectivity index (χ4v) is 2.62. The Labute approximate surface area is 122 Å². The highest BCUT2D eigenvalue weighted by Crippen LogP contribution is 2.22. The number of hydrogen-bond donors (Lipinski definition) is 1. The summed E-state index contributed by atoms with van der Waals surface area (Å²) in [6.07, 6.45) is 4.10. The molecule has 112 valence electrons. The van der Waals surface area contributed by atoms with Gasteiger partial charge in [0, 0.05) is 25.7 Å². The average molecular weight is 278 g/mol. The van der Waals surface area contributed by atoms with E-state index in [0.29, 0.717) is 0 Å². The summed E-state index contributed by atoms with van der Waals surface area (Å²) in [4.78, 5) is 2.54. The van der Waals surface area contributed by atoms with Crippen LogP contribution in [0.1, 0.15) is 24.8 Å². The first-order valence-electron chi connectivity index (χ1n) is 7.47. The summed E-state index contributed by atoms with van der Waals surface area (Å²) in [6, 6.07) is 6.00. The Balaban J connectivity index is 1.75. The van der Waals surface area contributed by atoms with Crippen LogP contribution in [0, 0.1) is 0 Å². The smallest absolute Gasteiger partial charge is 0.122 e. The first kappa shape index (κ1) is 15.1. The van der Waals surface area contributed by atoms with E-state index in [9.17, 15) is 0 Å². The quantitative estimate of drug-likeness (QED) is 0.776. The summed E-state index contributed by atoms with van der Waals surface area (Å²) in [7, 11) is 3.37. The van der Waals surface area contributed by atoms with Gasteiger partial charge in [-0.15, -0.1) is 0 Å². The maximum absolute atomic E-state index is 5.28. The lowest BCUT2D eigenvalue weighted by atomic mass is 10.1. The fraction of sp³-hybridized carbons (Fsp3) is 0.625. The molecule has 0 amide bonds. The van der Waals surface area contributed by atoms with E-state index in [1.54, 1.807) is 14.2 Å². The van der Waals surface area contributed by atoms with Crippen LogP contribution in [0.3, 0.4) is 0 Å². The molecule has 1 aliphatic rings. The molecular formula is C16H26N2O2. The molecule has 0 spiro atoms. The predicted octanol–water partition coefficient (Wildman–Crippen LogP) is 2.28. The van der Waals surface area contributed by atoms with Crippen LogP contribution in [0.2, 0.25) is 0 Å². The molecule has 1 fully saturated rings. The van der Waals surface area contributed by atoms with Crippen molar-refractivity contribution in [2.75, 3.05) is 40.4 Å². The Hall–Kier alpha value is -1.26. The van der Waals surface area contributed by atoms with Crippen molar-refractivity contribution in [1.29, 1.82) is 0 Å². The average Bonchev–Trinajstić information content (AvgIpc) is 2.52. The molecule has 0 aromatic heterocycles. The molecule has 0 bridgehead atoms. The predicted molar refractivity (Wildman–Crippen MR) is 81.5 cm³/mol. The van der Waals surface area contributed by atoms with E-state index in [1.807, 2.05) is 6.07 Å². The standard InChI is InChI=1S/C16H26N2O2/c1-19-15-10-14(11-16(12-15)20-2)13-17-6-9-18-7-4-3-5-8-18/h10-12,17H,3-9,13H2,1-2H3. The number of piperidine rings is 1. The zero-order valence-corrected chi connectivity index (χ0v) is 12.7. The van der Waals surface area contributed by atoms with E-state index in [1.165, 1.54) is 37.9 Å². The van der Waals surface area contributed by atoms with Crippen molar-refractivity contribution in [2.45, 2.75) is 25.8 Å². The summed E-state index contributed by atoms with van der Waals surface area (Å²) in [5, 5.41) is 3.50. The minimum Gasteiger partial charge on any atom is -0.497 e. The van der Waals surface area contributed by atoms with Gasteiger partial charge in [0.2, 0.25) is 0 Å². The lowest BCUT2D eigenvalue weighted by Crippen LogP contribution is -2.35. The second kappa shape index (κ2) is 8.12. The van der Waals surface area contributed by atoms with E-state index in [2.05, 4.69) is 22.3 Å². The van der Waals surface area contributed by atoms with Gasteiger partial charge in [0.15, 0.2) is 0 Å². The van der Waals surface area contributed by atoms with Gasteiger partial charge in [0.05, 0.1) is 14.2 Å². The Morgan fingerprint density at radius 2 is 1.65 bits per heavy atom. The molecule has 20 heavy (non-hydrogen) atoms.